The van der Waals surface area contributed by atoms with E-state index >= 15 is 0 Å². The molecule has 0 bridgehead atoms. The minimum atomic E-state index is -0.162. The first kappa shape index (κ1) is 14.7. The molecule has 0 aliphatic rings. The molecule has 3 heteroatoms. The molecule has 1 aromatic carbocycles. The predicted molar refractivity (Wildman–Crippen MR) is 73.4 cm³/mol. The summed E-state index contributed by atoms with van der Waals surface area (Å²) >= 11 is 0. The van der Waals surface area contributed by atoms with Crippen LogP contribution in [-0.2, 0) is 16.1 Å². The number of esters is 1. The standard InChI is InChI=1S/C15H23NO2/c1-5-14(15(17)18-6-2)16(4)11-13-9-7-8-12(3)10-13/h7-10,14H,5-6,11H2,1-4H3. The number of hydrogen-bond donors (Lipinski definition) is 0. The zero-order valence-electron chi connectivity index (χ0n) is 11.8. The Morgan fingerprint density at radius 2 is 2.11 bits per heavy atom. The van der Waals surface area contributed by atoms with E-state index in [4.69, 9.17) is 4.74 Å². The van der Waals surface area contributed by atoms with Gasteiger partial charge in [-0.3, -0.25) is 9.69 Å². The van der Waals surface area contributed by atoms with E-state index in [1.54, 1.807) is 0 Å². The van der Waals surface area contributed by atoms with Crippen molar-refractivity contribution in [3.05, 3.63) is 35.4 Å². The largest absolute Gasteiger partial charge is 0.465 e. The molecule has 0 aliphatic carbocycles. The van der Waals surface area contributed by atoms with Crippen LogP contribution in [0.3, 0.4) is 0 Å². The van der Waals surface area contributed by atoms with Crippen LogP contribution in [0.15, 0.2) is 24.3 Å². The van der Waals surface area contributed by atoms with Gasteiger partial charge in [-0.15, -0.1) is 0 Å². The Morgan fingerprint density at radius 1 is 1.39 bits per heavy atom. The Morgan fingerprint density at radius 3 is 2.67 bits per heavy atom. The predicted octanol–water partition coefficient (Wildman–Crippen LogP) is 2.77. The number of aryl methyl sites for hydroxylation is 1. The van der Waals surface area contributed by atoms with E-state index < -0.39 is 0 Å². The van der Waals surface area contributed by atoms with Crippen molar-refractivity contribution in [2.45, 2.75) is 39.8 Å². The number of hydrogen-bond acceptors (Lipinski definition) is 3. The minimum Gasteiger partial charge on any atom is -0.465 e. The molecule has 1 atom stereocenters. The molecule has 0 spiro atoms. The van der Waals surface area contributed by atoms with Crippen LogP contribution < -0.4 is 0 Å². The van der Waals surface area contributed by atoms with Gasteiger partial charge in [0.15, 0.2) is 0 Å². The zero-order chi connectivity index (χ0) is 13.5. The number of ether oxygens (including phenoxy) is 1. The van der Waals surface area contributed by atoms with E-state index in [-0.39, 0.29) is 12.0 Å². The molecule has 0 heterocycles. The first-order valence-corrected chi connectivity index (χ1v) is 6.50. The van der Waals surface area contributed by atoms with Gasteiger partial charge >= 0.3 is 5.97 Å². The lowest BCUT2D eigenvalue weighted by Crippen LogP contribution is -2.38. The van der Waals surface area contributed by atoms with Crippen molar-refractivity contribution >= 4 is 5.97 Å². The molecule has 0 saturated heterocycles. The van der Waals surface area contributed by atoms with Gasteiger partial charge in [0.1, 0.15) is 6.04 Å². The van der Waals surface area contributed by atoms with Gasteiger partial charge in [-0.05, 0) is 32.9 Å². The second-order valence-corrected chi connectivity index (χ2v) is 4.58. The monoisotopic (exact) mass is 249 g/mol. The highest BCUT2D eigenvalue weighted by Gasteiger charge is 2.22. The van der Waals surface area contributed by atoms with Crippen LogP contribution in [0.2, 0.25) is 0 Å². The van der Waals surface area contributed by atoms with Crippen LogP contribution >= 0.6 is 0 Å². The summed E-state index contributed by atoms with van der Waals surface area (Å²) in [6.07, 6.45) is 0.765. The molecule has 0 fully saturated rings. The lowest BCUT2D eigenvalue weighted by atomic mass is 10.1. The summed E-state index contributed by atoms with van der Waals surface area (Å²) in [6, 6.07) is 8.19. The lowest BCUT2D eigenvalue weighted by Gasteiger charge is -2.25. The fraction of sp³-hybridized carbons (Fsp3) is 0.533. The second-order valence-electron chi connectivity index (χ2n) is 4.58. The van der Waals surface area contributed by atoms with Crippen LogP contribution in [-0.4, -0.2) is 30.6 Å². The third-order valence-corrected chi connectivity index (χ3v) is 2.99. The van der Waals surface area contributed by atoms with Crippen molar-refractivity contribution in [2.24, 2.45) is 0 Å². The number of nitrogens with zero attached hydrogens (tertiary/aromatic N) is 1. The molecule has 0 aromatic heterocycles. The van der Waals surface area contributed by atoms with Crippen LogP contribution in [0.4, 0.5) is 0 Å². The zero-order valence-corrected chi connectivity index (χ0v) is 11.8. The smallest absolute Gasteiger partial charge is 0.323 e. The molecule has 1 unspecified atom stereocenters. The van der Waals surface area contributed by atoms with E-state index in [0.29, 0.717) is 6.61 Å². The van der Waals surface area contributed by atoms with Crippen LogP contribution in [0.25, 0.3) is 0 Å². The summed E-state index contributed by atoms with van der Waals surface area (Å²) in [6.45, 7) is 7.12. The summed E-state index contributed by atoms with van der Waals surface area (Å²) in [5.74, 6) is -0.129. The molecule has 0 saturated carbocycles. The van der Waals surface area contributed by atoms with Crippen LogP contribution in [0, 0.1) is 6.92 Å². The molecule has 1 rings (SSSR count). The first-order chi connectivity index (χ1) is 8.58. The minimum absolute atomic E-state index is 0.129. The molecule has 0 N–H and O–H groups in total. The summed E-state index contributed by atoms with van der Waals surface area (Å²) in [5.41, 5.74) is 2.46. The van der Waals surface area contributed by atoms with Gasteiger partial charge in [-0.2, -0.15) is 0 Å². The van der Waals surface area contributed by atoms with Gasteiger partial charge in [-0.1, -0.05) is 36.8 Å². The Bertz CT molecular complexity index is 390. The lowest BCUT2D eigenvalue weighted by molar-refractivity contribution is -0.149. The number of benzene rings is 1. The van der Waals surface area contributed by atoms with Crippen LogP contribution in [0.5, 0.6) is 0 Å². The van der Waals surface area contributed by atoms with E-state index in [1.807, 2.05) is 31.9 Å². The number of likely N-dealkylation sites (N-methyl/N-ethyl adjacent to an activating group) is 1. The molecular weight excluding hydrogens is 226 g/mol. The number of rotatable bonds is 6. The van der Waals surface area contributed by atoms with Crippen LogP contribution in [0.1, 0.15) is 31.4 Å². The first-order valence-electron chi connectivity index (χ1n) is 6.50. The Hall–Kier alpha value is -1.35. The van der Waals surface area contributed by atoms with E-state index in [0.717, 1.165) is 13.0 Å². The van der Waals surface area contributed by atoms with Crippen molar-refractivity contribution in [1.29, 1.82) is 0 Å². The quantitative estimate of drug-likeness (QED) is 0.726. The molecule has 0 amide bonds. The Kier molecular flexibility index (Phi) is 5.86. The Labute approximate surface area is 110 Å². The van der Waals surface area contributed by atoms with Crippen molar-refractivity contribution < 1.29 is 9.53 Å². The number of carbonyl (C=O) groups is 1. The van der Waals surface area contributed by atoms with Gasteiger partial charge in [0.25, 0.3) is 0 Å². The highest BCUT2D eigenvalue weighted by Crippen LogP contribution is 2.11. The summed E-state index contributed by atoms with van der Waals surface area (Å²) in [5, 5.41) is 0. The maximum absolute atomic E-state index is 11.8. The van der Waals surface area contributed by atoms with Crippen molar-refractivity contribution in [3.8, 4) is 0 Å². The molecule has 3 nitrogen and oxygen atoms in total. The van der Waals surface area contributed by atoms with Gasteiger partial charge in [0.05, 0.1) is 6.61 Å². The molecule has 100 valence electrons. The SMILES string of the molecule is CCOC(=O)C(CC)N(C)Cc1cccc(C)c1. The second kappa shape index (κ2) is 7.17. The molecule has 18 heavy (non-hydrogen) atoms. The average molecular weight is 249 g/mol. The fourth-order valence-corrected chi connectivity index (χ4v) is 2.11. The molecular formula is C15H23NO2. The third kappa shape index (κ3) is 4.15. The van der Waals surface area contributed by atoms with Gasteiger partial charge < -0.3 is 4.74 Å². The van der Waals surface area contributed by atoms with Gasteiger partial charge in [-0.25, -0.2) is 0 Å². The third-order valence-electron chi connectivity index (χ3n) is 2.99. The van der Waals surface area contributed by atoms with Crippen molar-refractivity contribution in [3.63, 3.8) is 0 Å². The van der Waals surface area contributed by atoms with Crippen molar-refractivity contribution in [2.75, 3.05) is 13.7 Å². The van der Waals surface area contributed by atoms with E-state index in [2.05, 4.69) is 25.1 Å². The maximum Gasteiger partial charge on any atom is 0.323 e. The molecule has 0 aliphatic heterocycles. The molecule has 1 aromatic rings. The fourth-order valence-electron chi connectivity index (χ4n) is 2.11. The normalized spacial score (nSPS) is 12.5. The highest BCUT2D eigenvalue weighted by atomic mass is 16.5. The Balaban J connectivity index is 2.67. The maximum atomic E-state index is 11.8. The summed E-state index contributed by atoms with van der Waals surface area (Å²) < 4.78 is 5.10. The summed E-state index contributed by atoms with van der Waals surface area (Å²) in [7, 11) is 1.97. The number of carbonyl (C=O) groups excluding carboxylic acids is 1. The van der Waals surface area contributed by atoms with E-state index in [9.17, 15) is 4.79 Å². The molecule has 0 radical (unpaired) electrons. The highest BCUT2D eigenvalue weighted by molar-refractivity contribution is 5.75. The topological polar surface area (TPSA) is 29.5 Å². The average Bonchev–Trinajstić information content (AvgIpc) is 2.30. The van der Waals surface area contributed by atoms with Crippen molar-refractivity contribution in [1.82, 2.24) is 4.90 Å². The van der Waals surface area contributed by atoms with Gasteiger partial charge in [0, 0.05) is 6.54 Å². The summed E-state index contributed by atoms with van der Waals surface area (Å²) in [4.78, 5) is 13.9. The van der Waals surface area contributed by atoms with E-state index in [1.165, 1.54) is 11.1 Å². The van der Waals surface area contributed by atoms with Gasteiger partial charge in [0.2, 0.25) is 0 Å².